The molecule has 0 radical (unpaired) electrons. The molecule has 0 bridgehead atoms. The molecule has 9 aromatic rings. The summed E-state index contributed by atoms with van der Waals surface area (Å²) in [5.74, 6) is 0. The van der Waals surface area contributed by atoms with E-state index in [-0.39, 0.29) is 5.41 Å². The van der Waals surface area contributed by atoms with Gasteiger partial charge in [-0.1, -0.05) is 159 Å². The molecular weight excluding hydrogens is 665 g/mol. The molecule has 0 fully saturated rings. The second-order valence-electron chi connectivity index (χ2n) is 15.0. The molecule has 262 valence electrons. The number of aromatic nitrogens is 1. The van der Waals surface area contributed by atoms with Gasteiger partial charge in [0.25, 0.3) is 0 Å². The Morgan fingerprint density at radius 1 is 0.382 bits per heavy atom. The van der Waals surface area contributed by atoms with Crippen molar-refractivity contribution in [2.75, 3.05) is 4.90 Å². The third-order valence-corrected chi connectivity index (χ3v) is 11.4. The first-order chi connectivity index (χ1) is 27.0. The average Bonchev–Trinajstić information content (AvgIpc) is 3.75. The molecule has 2 heteroatoms. The van der Waals surface area contributed by atoms with Crippen molar-refractivity contribution in [1.82, 2.24) is 4.57 Å². The molecule has 0 atom stereocenters. The van der Waals surface area contributed by atoms with Crippen LogP contribution in [0.5, 0.6) is 0 Å². The van der Waals surface area contributed by atoms with Gasteiger partial charge in [-0.25, -0.2) is 0 Å². The van der Waals surface area contributed by atoms with Gasteiger partial charge in [0.1, 0.15) is 0 Å². The summed E-state index contributed by atoms with van der Waals surface area (Å²) in [7, 11) is 0. The molecule has 0 N–H and O–H groups in total. The summed E-state index contributed by atoms with van der Waals surface area (Å²) in [4.78, 5) is 2.39. The van der Waals surface area contributed by atoms with E-state index in [0.29, 0.717) is 0 Å². The van der Waals surface area contributed by atoms with Gasteiger partial charge in [0.15, 0.2) is 0 Å². The molecule has 0 saturated carbocycles. The van der Waals surface area contributed by atoms with E-state index in [0.717, 1.165) is 22.7 Å². The molecule has 0 spiro atoms. The number of benzene rings is 8. The standard InChI is InChI=1S/C53H40N2/c1-53(2)49-19-11-10-18-47(49)48-34-33-46(36-50(48)53)54(44-29-25-39(26-30-44)37-13-5-3-6-14-37)45-31-27-40(28-32-45)38-21-23-41(24-22-38)52-35-42-15-9-12-20-51(42)55(52)43-16-7-4-8-17-43/h3-36H,1-2H3. The van der Waals surface area contributed by atoms with Gasteiger partial charge in [0, 0.05) is 33.6 Å². The first-order valence-electron chi connectivity index (χ1n) is 19.1. The molecule has 0 unspecified atom stereocenters. The molecule has 55 heavy (non-hydrogen) atoms. The highest BCUT2D eigenvalue weighted by atomic mass is 15.1. The van der Waals surface area contributed by atoms with Gasteiger partial charge < -0.3 is 9.47 Å². The Kier molecular flexibility index (Phi) is 7.85. The van der Waals surface area contributed by atoms with E-state index >= 15 is 0 Å². The SMILES string of the molecule is CC1(C)c2ccccc2-c2ccc(N(c3ccc(-c4ccccc4)cc3)c3ccc(-c4ccc(-c5cc6ccccc6n5-c5ccccc5)cc4)cc3)cc21. The lowest BCUT2D eigenvalue weighted by Gasteiger charge is -2.28. The Balaban J connectivity index is 1.01. The lowest BCUT2D eigenvalue weighted by atomic mass is 9.82. The summed E-state index contributed by atoms with van der Waals surface area (Å²) in [6.07, 6.45) is 0. The lowest BCUT2D eigenvalue weighted by Crippen LogP contribution is -2.16. The predicted octanol–water partition coefficient (Wildman–Crippen LogP) is 14.4. The second-order valence-corrected chi connectivity index (χ2v) is 15.0. The van der Waals surface area contributed by atoms with Crippen LogP contribution in [0, 0.1) is 0 Å². The molecule has 1 heterocycles. The molecule has 0 aliphatic heterocycles. The molecule has 10 rings (SSSR count). The quantitative estimate of drug-likeness (QED) is 0.160. The molecule has 0 amide bonds. The van der Waals surface area contributed by atoms with Crippen LogP contribution in [-0.2, 0) is 5.41 Å². The maximum Gasteiger partial charge on any atom is 0.0540 e. The fourth-order valence-electron chi connectivity index (χ4n) is 8.57. The van der Waals surface area contributed by atoms with E-state index in [2.05, 4.69) is 230 Å². The first kappa shape index (κ1) is 32.7. The summed E-state index contributed by atoms with van der Waals surface area (Å²) >= 11 is 0. The maximum absolute atomic E-state index is 2.40. The number of hydrogen-bond donors (Lipinski definition) is 0. The Labute approximate surface area is 323 Å². The largest absolute Gasteiger partial charge is 0.310 e. The van der Waals surface area contributed by atoms with E-state index in [1.165, 1.54) is 66.7 Å². The zero-order chi connectivity index (χ0) is 36.9. The van der Waals surface area contributed by atoms with Gasteiger partial charge in [0.2, 0.25) is 0 Å². The van der Waals surface area contributed by atoms with Crippen molar-refractivity contribution < 1.29 is 0 Å². The van der Waals surface area contributed by atoms with Crippen molar-refractivity contribution in [2.24, 2.45) is 0 Å². The van der Waals surface area contributed by atoms with Crippen molar-refractivity contribution in [3.63, 3.8) is 0 Å². The third-order valence-electron chi connectivity index (χ3n) is 11.4. The first-order valence-corrected chi connectivity index (χ1v) is 19.1. The predicted molar refractivity (Wildman–Crippen MR) is 232 cm³/mol. The van der Waals surface area contributed by atoms with Gasteiger partial charge in [-0.15, -0.1) is 0 Å². The van der Waals surface area contributed by atoms with Crippen LogP contribution in [0.3, 0.4) is 0 Å². The molecule has 1 aliphatic rings. The van der Waals surface area contributed by atoms with Gasteiger partial charge in [-0.3, -0.25) is 0 Å². The molecule has 8 aromatic carbocycles. The number of hydrogen-bond acceptors (Lipinski definition) is 1. The number of anilines is 3. The van der Waals surface area contributed by atoms with E-state index < -0.39 is 0 Å². The van der Waals surface area contributed by atoms with Crippen LogP contribution >= 0.6 is 0 Å². The van der Waals surface area contributed by atoms with Crippen molar-refractivity contribution >= 4 is 28.0 Å². The summed E-state index contributed by atoms with van der Waals surface area (Å²) in [6.45, 7) is 4.70. The van der Waals surface area contributed by atoms with Crippen molar-refractivity contribution in [3.8, 4) is 50.3 Å². The van der Waals surface area contributed by atoms with Gasteiger partial charge in [-0.2, -0.15) is 0 Å². The number of fused-ring (bicyclic) bond motifs is 4. The van der Waals surface area contributed by atoms with Gasteiger partial charge in [-0.05, 0) is 111 Å². The summed E-state index contributed by atoms with van der Waals surface area (Å²) in [5.41, 5.74) is 18.3. The monoisotopic (exact) mass is 704 g/mol. The highest BCUT2D eigenvalue weighted by molar-refractivity contribution is 5.90. The minimum absolute atomic E-state index is 0.0871. The van der Waals surface area contributed by atoms with E-state index in [1.54, 1.807) is 0 Å². The number of rotatable bonds is 7. The lowest BCUT2D eigenvalue weighted by molar-refractivity contribution is 0.660. The summed E-state index contributed by atoms with van der Waals surface area (Å²) in [5, 5.41) is 1.23. The van der Waals surface area contributed by atoms with Gasteiger partial charge in [0.05, 0.1) is 11.2 Å². The van der Waals surface area contributed by atoms with E-state index in [1.807, 2.05) is 0 Å². The normalized spacial score (nSPS) is 12.7. The third kappa shape index (κ3) is 5.66. The van der Waals surface area contributed by atoms with Crippen molar-refractivity contribution in [1.29, 1.82) is 0 Å². The molecule has 1 aliphatic carbocycles. The Morgan fingerprint density at radius 2 is 0.873 bits per heavy atom. The van der Waals surface area contributed by atoms with Crippen LogP contribution in [0.1, 0.15) is 25.0 Å². The zero-order valence-electron chi connectivity index (χ0n) is 31.0. The van der Waals surface area contributed by atoms with Crippen LogP contribution < -0.4 is 4.90 Å². The van der Waals surface area contributed by atoms with Gasteiger partial charge >= 0.3 is 0 Å². The topological polar surface area (TPSA) is 8.17 Å². The minimum Gasteiger partial charge on any atom is -0.310 e. The Bertz CT molecular complexity index is 2790. The smallest absolute Gasteiger partial charge is 0.0540 e. The highest BCUT2D eigenvalue weighted by Crippen LogP contribution is 2.50. The van der Waals surface area contributed by atoms with E-state index in [9.17, 15) is 0 Å². The van der Waals surface area contributed by atoms with Crippen molar-refractivity contribution in [3.05, 3.63) is 217 Å². The van der Waals surface area contributed by atoms with Crippen molar-refractivity contribution in [2.45, 2.75) is 19.3 Å². The second kappa shape index (κ2) is 13.2. The van der Waals surface area contributed by atoms with Crippen LogP contribution in [0.25, 0.3) is 61.2 Å². The maximum atomic E-state index is 2.40. The molecular formula is C53H40N2. The van der Waals surface area contributed by atoms with Crippen LogP contribution in [0.15, 0.2) is 206 Å². The fraction of sp³-hybridized carbons (Fsp3) is 0.0566. The number of nitrogens with zero attached hydrogens (tertiary/aromatic N) is 2. The molecule has 0 saturated heterocycles. The Morgan fingerprint density at radius 3 is 1.55 bits per heavy atom. The summed E-state index contributed by atoms with van der Waals surface area (Å²) in [6, 6.07) is 75.0. The van der Waals surface area contributed by atoms with Crippen LogP contribution in [0.4, 0.5) is 17.1 Å². The number of para-hydroxylation sites is 2. The van der Waals surface area contributed by atoms with E-state index in [4.69, 9.17) is 0 Å². The van der Waals surface area contributed by atoms with Crippen LogP contribution in [-0.4, -0.2) is 4.57 Å². The van der Waals surface area contributed by atoms with Crippen LogP contribution in [0.2, 0.25) is 0 Å². The summed E-state index contributed by atoms with van der Waals surface area (Å²) < 4.78 is 2.36. The fourth-order valence-corrected chi connectivity index (χ4v) is 8.57. The average molecular weight is 705 g/mol. The Hall–Kier alpha value is -6.90. The molecule has 2 nitrogen and oxygen atoms in total. The zero-order valence-corrected chi connectivity index (χ0v) is 31.0. The molecule has 1 aromatic heterocycles. The minimum atomic E-state index is -0.0871. The highest BCUT2D eigenvalue weighted by Gasteiger charge is 2.35.